The van der Waals surface area contributed by atoms with Crippen LogP contribution in [0, 0.1) is 0 Å². The van der Waals surface area contributed by atoms with Gasteiger partial charge < -0.3 is 29.0 Å². The van der Waals surface area contributed by atoms with E-state index in [-0.39, 0.29) is 34.3 Å². The number of nitrogens with two attached hydrogens (primary N) is 1. The van der Waals surface area contributed by atoms with Crippen LogP contribution < -0.4 is 5.73 Å². The number of ether oxygens (including phenoxy) is 3. The molecule has 270 valence electrons. The Bertz CT molecular complexity index is 1220. The lowest BCUT2D eigenvalue weighted by atomic mass is 10.0. The standard InChI is InChI=1S/C32H58N5O7PS2/c1-5-6-7-8-9-10-11-12-13-14-15-16-17-18-20-47(46)21-19-42-45(39,43-25-40-32(38)44-27(2)3)26-41-28(4)22-37-24-36-29-30(33)34-23-35-31(29)37/h23-24,27-28H,5-22,25-26H2,1-4H3,(H2,33,34,35)/t28-,45-,47?/m1/s1. The molecule has 2 heterocycles. The highest BCUT2D eigenvalue weighted by Crippen LogP contribution is 2.48. The molecular weight excluding hydrogens is 661 g/mol. The van der Waals surface area contributed by atoms with E-state index in [9.17, 15) is 9.36 Å². The number of nitrogen functional groups attached to an aromatic ring is 1. The van der Waals surface area contributed by atoms with Gasteiger partial charge in [0.1, 0.15) is 18.2 Å². The molecule has 0 bridgehead atoms. The molecule has 0 aliphatic rings. The van der Waals surface area contributed by atoms with Crippen molar-refractivity contribution in [1.29, 1.82) is 0 Å². The Hall–Kier alpha value is -1.70. The monoisotopic (exact) mass is 719 g/mol. The fourth-order valence-electron chi connectivity index (χ4n) is 4.90. The van der Waals surface area contributed by atoms with Gasteiger partial charge in [-0.2, -0.15) is 0 Å². The Kier molecular flexibility index (Phi) is 21.6. The average Bonchev–Trinajstić information content (AvgIpc) is 3.43. The second-order valence-corrected chi connectivity index (χ2v) is 17.2. The van der Waals surface area contributed by atoms with Crippen molar-refractivity contribution in [2.45, 2.75) is 136 Å². The zero-order valence-corrected chi connectivity index (χ0v) is 31.5. The van der Waals surface area contributed by atoms with Crippen molar-refractivity contribution in [2.24, 2.45) is 0 Å². The Balaban J connectivity index is 1.68. The number of unbranched alkanes of at least 4 members (excludes halogenated alkanes) is 13. The summed E-state index contributed by atoms with van der Waals surface area (Å²) in [6, 6.07) is 0. The van der Waals surface area contributed by atoms with Crippen molar-refractivity contribution in [1.82, 2.24) is 19.5 Å². The normalized spacial score (nSPS) is 14.3. The lowest BCUT2D eigenvalue weighted by Crippen LogP contribution is -2.20. The molecule has 2 aromatic heterocycles. The van der Waals surface area contributed by atoms with Crippen LogP contribution in [0.1, 0.15) is 118 Å². The van der Waals surface area contributed by atoms with E-state index in [1.807, 2.05) is 6.92 Å². The van der Waals surface area contributed by atoms with Gasteiger partial charge in [0.25, 0.3) is 0 Å². The van der Waals surface area contributed by atoms with Gasteiger partial charge in [-0.05, 0) is 32.9 Å². The molecule has 0 fully saturated rings. The van der Waals surface area contributed by atoms with E-state index in [2.05, 4.69) is 21.9 Å². The second-order valence-electron chi connectivity index (χ2n) is 12.1. The number of anilines is 1. The summed E-state index contributed by atoms with van der Waals surface area (Å²) in [5.74, 6) is 1.80. The third-order valence-corrected chi connectivity index (χ3v) is 11.4. The first kappa shape index (κ1) is 41.5. The molecule has 0 amide bonds. The van der Waals surface area contributed by atoms with Crippen LogP contribution >= 0.6 is 7.60 Å². The molecule has 2 N–H and O–H groups in total. The van der Waals surface area contributed by atoms with Gasteiger partial charge in [-0.1, -0.05) is 102 Å². The van der Waals surface area contributed by atoms with E-state index < -0.39 is 26.6 Å². The number of carbonyl (C=O) groups excluding carboxylic acids is 1. The van der Waals surface area contributed by atoms with E-state index in [4.69, 9.17) is 40.2 Å². The summed E-state index contributed by atoms with van der Waals surface area (Å²) in [5.41, 5.74) is 6.94. The number of carbonyl (C=O) groups is 1. The molecule has 2 aromatic rings. The van der Waals surface area contributed by atoms with Crippen LogP contribution in [0.4, 0.5) is 10.6 Å². The highest BCUT2D eigenvalue weighted by Gasteiger charge is 2.28. The quantitative estimate of drug-likeness (QED) is 0.0392. The van der Waals surface area contributed by atoms with Crippen molar-refractivity contribution in [3.05, 3.63) is 12.7 Å². The van der Waals surface area contributed by atoms with E-state index in [1.165, 1.54) is 89.8 Å². The molecular formula is C32H58N5O7PS2. The molecule has 0 aliphatic carbocycles. The van der Waals surface area contributed by atoms with Crippen molar-refractivity contribution in [2.75, 3.05) is 37.0 Å². The molecule has 0 aliphatic heterocycles. The number of aromatic nitrogens is 4. The summed E-state index contributed by atoms with van der Waals surface area (Å²) in [4.78, 5) is 24.2. The van der Waals surface area contributed by atoms with Gasteiger partial charge >= 0.3 is 13.8 Å². The molecule has 15 heteroatoms. The molecule has 0 saturated carbocycles. The molecule has 0 aromatic carbocycles. The highest BCUT2D eigenvalue weighted by molar-refractivity contribution is 8.28. The number of imidazole rings is 1. The highest BCUT2D eigenvalue weighted by atomic mass is 32.8. The Morgan fingerprint density at radius 1 is 0.915 bits per heavy atom. The summed E-state index contributed by atoms with van der Waals surface area (Å²) in [6.45, 7) is 7.38. The SMILES string of the molecule is CCCCCCCCCCCCCCCCS(=S)CCO[P@](=O)(CO[C@H](C)Cn1cnc2c(N)ncnc21)OCOC(=O)OC(C)C. The van der Waals surface area contributed by atoms with Crippen molar-refractivity contribution in [3.8, 4) is 0 Å². The third-order valence-electron chi connectivity index (χ3n) is 7.48. The number of fused-ring (bicyclic) bond motifs is 1. The van der Waals surface area contributed by atoms with E-state index in [0.717, 1.165) is 12.2 Å². The maximum absolute atomic E-state index is 13.6. The fraction of sp³-hybridized carbons (Fsp3) is 0.812. The summed E-state index contributed by atoms with van der Waals surface area (Å²) in [6.07, 6.45) is 19.4. The van der Waals surface area contributed by atoms with Gasteiger partial charge in [0.15, 0.2) is 11.5 Å². The molecule has 1 unspecified atom stereocenters. The van der Waals surface area contributed by atoms with Gasteiger partial charge in [-0.3, -0.25) is 9.09 Å². The van der Waals surface area contributed by atoms with Crippen LogP contribution in [0.15, 0.2) is 12.7 Å². The molecule has 0 saturated heterocycles. The number of hydrogen-bond donors (Lipinski definition) is 1. The second kappa shape index (κ2) is 24.4. The smallest absolute Gasteiger partial charge is 0.432 e. The third kappa shape index (κ3) is 18.6. The van der Waals surface area contributed by atoms with Gasteiger partial charge in [-0.25, -0.2) is 19.7 Å². The van der Waals surface area contributed by atoms with Gasteiger partial charge in [0.05, 0.1) is 31.7 Å². The summed E-state index contributed by atoms with van der Waals surface area (Å²) in [5, 5.41) is 0. The minimum atomic E-state index is -3.79. The zero-order chi connectivity index (χ0) is 34.3. The van der Waals surface area contributed by atoms with Gasteiger partial charge in [-0.15, -0.1) is 9.45 Å². The van der Waals surface area contributed by atoms with Crippen molar-refractivity contribution in [3.63, 3.8) is 0 Å². The van der Waals surface area contributed by atoms with Gasteiger partial charge in [0.2, 0.25) is 6.79 Å². The molecule has 3 atom stereocenters. The first-order valence-corrected chi connectivity index (χ1v) is 21.4. The van der Waals surface area contributed by atoms with Crippen LogP contribution in [-0.4, -0.2) is 69.1 Å². The van der Waals surface area contributed by atoms with Crippen LogP contribution in [-0.2, 0) is 55.0 Å². The van der Waals surface area contributed by atoms with E-state index in [0.29, 0.717) is 23.5 Å². The maximum Gasteiger partial charge on any atom is 0.510 e. The number of hydrogen-bond acceptors (Lipinski definition) is 12. The predicted molar refractivity (Wildman–Crippen MR) is 192 cm³/mol. The molecule has 2 rings (SSSR count). The zero-order valence-electron chi connectivity index (χ0n) is 28.9. The molecule has 12 nitrogen and oxygen atoms in total. The van der Waals surface area contributed by atoms with Crippen molar-refractivity contribution >= 4 is 51.4 Å². The van der Waals surface area contributed by atoms with Gasteiger partial charge in [0, 0.05) is 5.75 Å². The van der Waals surface area contributed by atoms with Crippen molar-refractivity contribution < 1.29 is 32.6 Å². The van der Waals surface area contributed by atoms with E-state index in [1.54, 1.807) is 24.7 Å². The van der Waals surface area contributed by atoms with Crippen LogP contribution in [0.5, 0.6) is 0 Å². The minimum Gasteiger partial charge on any atom is -0.432 e. The largest absolute Gasteiger partial charge is 0.510 e. The van der Waals surface area contributed by atoms with Crippen LogP contribution in [0.2, 0.25) is 0 Å². The lowest BCUT2D eigenvalue weighted by molar-refractivity contribution is -0.0177. The van der Waals surface area contributed by atoms with E-state index >= 15 is 0 Å². The first-order chi connectivity index (χ1) is 22.6. The summed E-state index contributed by atoms with van der Waals surface area (Å²) >= 11 is 5.67. The number of rotatable bonds is 28. The topological polar surface area (TPSA) is 150 Å². The Morgan fingerprint density at radius 3 is 2.15 bits per heavy atom. The maximum atomic E-state index is 13.6. The minimum absolute atomic E-state index is 0.152. The van der Waals surface area contributed by atoms with Crippen LogP contribution in [0.25, 0.3) is 11.2 Å². The molecule has 47 heavy (non-hydrogen) atoms. The average molecular weight is 720 g/mol. The number of nitrogens with zero attached hydrogens (tertiary/aromatic N) is 4. The Labute approximate surface area is 288 Å². The molecule has 0 radical (unpaired) electrons. The Morgan fingerprint density at radius 2 is 1.53 bits per heavy atom. The van der Waals surface area contributed by atoms with Crippen LogP contribution in [0.3, 0.4) is 0 Å². The predicted octanol–water partition coefficient (Wildman–Crippen LogP) is 8.08. The summed E-state index contributed by atoms with van der Waals surface area (Å²) in [7, 11) is -4.08. The lowest BCUT2D eigenvalue weighted by Gasteiger charge is -2.21. The molecule has 0 spiro atoms. The fourth-order valence-corrected chi connectivity index (χ4v) is 7.83. The first-order valence-electron chi connectivity index (χ1n) is 17.2. The summed E-state index contributed by atoms with van der Waals surface area (Å²) < 4.78 is 42.2.